The van der Waals surface area contributed by atoms with Crippen LogP contribution < -0.4 is 0 Å². The van der Waals surface area contributed by atoms with Gasteiger partial charge in [-0.2, -0.15) is 0 Å². The van der Waals surface area contributed by atoms with Crippen molar-refractivity contribution in [3.05, 3.63) is 30.6 Å². The maximum Gasteiger partial charge on any atom is 0.397 e. The largest absolute Gasteiger partial charge is 0.459 e. The average Bonchev–Trinajstić information content (AvgIpc) is 2.98. The van der Waals surface area contributed by atoms with Gasteiger partial charge in [0, 0.05) is 19.6 Å². The third-order valence-corrected chi connectivity index (χ3v) is 4.33. The van der Waals surface area contributed by atoms with Crippen LogP contribution in [-0.4, -0.2) is 46.0 Å². The minimum Gasteiger partial charge on any atom is -0.459 e. The van der Waals surface area contributed by atoms with Gasteiger partial charge in [0.1, 0.15) is 0 Å². The number of piperidine rings is 1. The summed E-state index contributed by atoms with van der Waals surface area (Å²) in [6.07, 6.45) is 3.65. The lowest BCUT2D eigenvalue weighted by atomic mass is 9.96. The standard InChI is InChI=1S/C17H21N3O3/c1-2-23-17(22)16(21)19-9-7-13(8-10-19)11-20-12-18-14-5-3-4-6-15(14)20/h3-6,12-13H,2,7-11H2,1H3. The van der Waals surface area contributed by atoms with E-state index in [0.717, 1.165) is 30.4 Å². The van der Waals surface area contributed by atoms with E-state index in [9.17, 15) is 9.59 Å². The number of likely N-dealkylation sites (tertiary alicyclic amines) is 1. The van der Waals surface area contributed by atoms with Crippen LogP contribution >= 0.6 is 0 Å². The first kappa shape index (κ1) is 15.5. The van der Waals surface area contributed by atoms with Gasteiger partial charge in [-0.1, -0.05) is 12.1 Å². The number of carbonyl (C=O) groups excluding carboxylic acids is 2. The lowest BCUT2D eigenvalue weighted by Crippen LogP contribution is -2.43. The molecule has 0 radical (unpaired) electrons. The van der Waals surface area contributed by atoms with Crippen molar-refractivity contribution < 1.29 is 14.3 Å². The first-order valence-corrected chi connectivity index (χ1v) is 8.05. The van der Waals surface area contributed by atoms with E-state index in [0.29, 0.717) is 19.0 Å². The second-order valence-electron chi connectivity index (χ2n) is 5.84. The Morgan fingerprint density at radius 1 is 1.26 bits per heavy atom. The van der Waals surface area contributed by atoms with E-state index in [1.807, 2.05) is 24.5 Å². The number of esters is 1. The summed E-state index contributed by atoms with van der Waals surface area (Å²) >= 11 is 0. The molecule has 0 aliphatic carbocycles. The van der Waals surface area contributed by atoms with Gasteiger partial charge in [0.25, 0.3) is 0 Å². The topological polar surface area (TPSA) is 64.4 Å². The predicted octanol–water partition coefficient (Wildman–Crippen LogP) is 1.84. The number of para-hydroxylation sites is 2. The van der Waals surface area contributed by atoms with Gasteiger partial charge in [0.2, 0.25) is 0 Å². The van der Waals surface area contributed by atoms with E-state index in [4.69, 9.17) is 4.74 Å². The van der Waals surface area contributed by atoms with Crippen LogP contribution in [0.3, 0.4) is 0 Å². The molecule has 0 atom stereocenters. The number of hydrogen-bond acceptors (Lipinski definition) is 4. The van der Waals surface area contributed by atoms with Crippen molar-refractivity contribution in [2.45, 2.75) is 26.3 Å². The van der Waals surface area contributed by atoms with Crippen LogP contribution in [0.15, 0.2) is 30.6 Å². The molecular formula is C17H21N3O3. The molecule has 0 unspecified atom stereocenters. The minimum atomic E-state index is -0.744. The molecule has 1 fully saturated rings. The zero-order chi connectivity index (χ0) is 16.2. The molecule has 1 aliphatic rings. The van der Waals surface area contributed by atoms with Gasteiger partial charge in [-0.25, -0.2) is 9.78 Å². The number of imidazole rings is 1. The molecule has 2 aromatic rings. The van der Waals surface area contributed by atoms with Crippen LogP contribution in [0.25, 0.3) is 11.0 Å². The number of benzene rings is 1. The summed E-state index contributed by atoms with van der Waals surface area (Å²) in [6, 6.07) is 8.08. The smallest absolute Gasteiger partial charge is 0.397 e. The summed E-state index contributed by atoms with van der Waals surface area (Å²) in [7, 11) is 0. The molecule has 3 rings (SSSR count). The van der Waals surface area contributed by atoms with Crippen LogP contribution in [0.4, 0.5) is 0 Å². The number of carbonyl (C=O) groups is 2. The first-order valence-electron chi connectivity index (χ1n) is 8.05. The highest BCUT2D eigenvalue weighted by Crippen LogP contribution is 2.22. The highest BCUT2D eigenvalue weighted by Gasteiger charge is 2.28. The molecule has 1 aliphatic heterocycles. The molecule has 1 aromatic carbocycles. The van der Waals surface area contributed by atoms with Crippen LogP contribution in [0.2, 0.25) is 0 Å². The summed E-state index contributed by atoms with van der Waals surface area (Å²) in [4.78, 5) is 29.4. The average molecular weight is 315 g/mol. The van der Waals surface area contributed by atoms with Gasteiger partial charge in [0.05, 0.1) is 24.0 Å². The van der Waals surface area contributed by atoms with Crippen LogP contribution in [-0.2, 0) is 20.9 Å². The Morgan fingerprint density at radius 2 is 2.00 bits per heavy atom. The Hall–Kier alpha value is -2.37. The van der Waals surface area contributed by atoms with Crippen molar-refractivity contribution in [2.24, 2.45) is 5.92 Å². The highest BCUT2D eigenvalue weighted by atomic mass is 16.5. The fourth-order valence-electron chi connectivity index (χ4n) is 3.07. The van der Waals surface area contributed by atoms with Gasteiger partial charge in [0.15, 0.2) is 0 Å². The van der Waals surface area contributed by atoms with E-state index >= 15 is 0 Å². The number of ether oxygens (including phenoxy) is 1. The Kier molecular flexibility index (Phi) is 4.60. The van der Waals surface area contributed by atoms with Crippen molar-refractivity contribution in [3.8, 4) is 0 Å². The maximum atomic E-state index is 11.9. The summed E-state index contributed by atoms with van der Waals surface area (Å²) in [6.45, 7) is 4.04. The second kappa shape index (κ2) is 6.81. The lowest BCUT2D eigenvalue weighted by molar-refractivity contribution is -0.160. The van der Waals surface area contributed by atoms with Crippen molar-refractivity contribution in [1.29, 1.82) is 0 Å². The fraction of sp³-hybridized carbons (Fsp3) is 0.471. The molecule has 0 spiro atoms. The van der Waals surface area contributed by atoms with Gasteiger partial charge >= 0.3 is 11.9 Å². The van der Waals surface area contributed by atoms with E-state index in [2.05, 4.69) is 15.6 Å². The van der Waals surface area contributed by atoms with Crippen molar-refractivity contribution in [3.63, 3.8) is 0 Å². The fourth-order valence-corrected chi connectivity index (χ4v) is 3.07. The molecule has 6 nitrogen and oxygen atoms in total. The predicted molar refractivity (Wildman–Crippen MR) is 85.7 cm³/mol. The van der Waals surface area contributed by atoms with E-state index in [1.54, 1.807) is 11.8 Å². The molecule has 0 saturated carbocycles. The third-order valence-electron chi connectivity index (χ3n) is 4.33. The molecule has 6 heteroatoms. The highest BCUT2D eigenvalue weighted by molar-refractivity contribution is 6.32. The second-order valence-corrected chi connectivity index (χ2v) is 5.84. The first-order chi connectivity index (χ1) is 11.2. The lowest BCUT2D eigenvalue weighted by Gasteiger charge is -2.31. The van der Waals surface area contributed by atoms with Crippen molar-refractivity contribution in [2.75, 3.05) is 19.7 Å². The Balaban J connectivity index is 1.57. The van der Waals surface area contributed by atoms with E-state index in [1.165, 1.54) is 0 Å². The Bertz CT molecular complexity index is 702. The normalized spacial score (nSPS) is 15.8. The zero-order valence-corrected chi connectivity index (χ0v) is 13.3. The van der Waals surface area contributed by atoms with Crippen molar-refractivity contribution in [1.82, 2.24) is 14.5 Å². The summed E-state index contributed by atoms with van der Waals surface area (Å²) in [5, 5.41) is 0. The number of fused-ring (bicyclic) bond motifs is 1. The summed E-state index contributed by atoms with van der Waals surface area (Å²) in [5.41, 5.74) is 2.14. The van der Waals surface area contributed by atoms with Gasteiger partial charge < -0.3 is 14.2 Å². The number of hydrogen-bond donors (Lipinski definition) is 0. The monoisotopic (exact) mass is 315 g/mol. The summed E-state index contributed by atoms with van der Waals surface area (Å²) in [5.74, 6) is -0.774. The molecular weight excluding hydrogens is 294 g/mol. The molecule has 1 saturated heterocycles. The quantitative estimate of drug-likeness (QED) is 0.640. The summed E-state index contributed by atoms with van der Waals surface area (Å²) < 4.78 is 6.94. The molecule has 0 bridgehead atoms. The molecule has 1 amide bonds. The van der Waals surface area contributed by atoms with E-state index < -0.39 is 11.9 Å². The Labute approximate surface area is 135 Å². The SMILES string of the molecule is CCOC(=O)C(=O)N1CCC(Cn2cnc3ccccc32)CC1. The van der Waals surface area contributed by atoms with Crippen molar-refractivity contribution >= 4 is 22.9 Å². The number of nitrogens with zero attached hydrogens (tertiary/aromatic N) is 3. The zero-order valence-electron chi connectivity index (χ0n) is 13.3. The van der Waals surface area contributed by atoms with Gasteiger partial charge in [-0.3, -0.25) is 4.79 Å². The Morgan fingerprint density at radius 3 is 2.74 bits per heavy atom. The molecule has 23 heavy (non-hydrogen) atoms. The molecule has 122 valence electrons. The van der Waals surface area contributed by atoms with Gasteiger partial charge in [-0.15, -0.1) is 0 Å². The minimum absolute atomic E-state index is 0.231. The number of aromatic nitrogens is 2. The molecule has 0 N–H and O–H groups in total. The van der Waals surface area contributed by atoms with Crippen LogP contribution in [0.5, 0.6) is 0 Å². The van der Waals surface area contributed by atoms with E-state index in [-0.39, 0.29) is 6.61 Å². The third kappa shape index (κ3) is 3.36. The number of rotatable bonds is 3. The molecule has 1 aromatic heterocycles. The van der Waals surface area contributed by atoms with Crippen LogP contribution in [0.1, 0.15) is 19.8 Å². The number of amides is 1. The van der Waals surface area contributed by atoms with Crippen LogP contribution in [0, 0.1) is 5.92 Å². The van der Waals surface area contributed by atoms with Gasteiger partial charge in [-0.05, 0) is 37.8 Å². The maximum absolute atomic E-state index is 11.9. The molecule has 2 heterocycles.